The van der Waals surface area contributed by atoms with Crippen LogP contribution < -0.4 is 16.1 Å². The van der Waals surface area contributed by atoms with Gasteiger partial charge in [0.2, 0.25) is 11.8 Å². The molecule has 2 rings (SSSR count). The lowest BCUT2D eigenvalue weighted by atomic mass is 9.84. The number of rotatable bonds is 12. The number of hydrogen-bond donors (Lipinski definition) is 4. The molecule has 0 fully saturated rings. The van der Waals surface area contributed by atoms with E-state index in [1.807, 2.05) is 63.2 Å². The monoisotopic (exact) mass is 515 g/mol. The zero-order valence-corrected chi connectivity index (χ0v) is 22.0. The number of carbonyl (C=O) groups is 4. The molecular weight excluding hydrogens is 478 g/mol. The SMILES string of the molecule is CNC(=O)[C@@H](NC(=O)[C@H](Cc1ccc2ccccc2c1)[C@H](OCCCOC(C)=O)C(=O)NO)C(C)(C)C. The first-order chi connectivity index (χ1) is 17.5. The second-order valence-corrected chi connectivity index (χ2v) is 9.88. The summed E-state index contributed by atoms with van der Waals surface area (Å²) in [6, 6.07) is 12.6. The summed E-state index contributed by atoms with van der Waals surface area (Å²) >= 11 is 0. The third kappa shape index (κ3) is 8.83. The molecule has 10 nitrogen and oxygen atoms in total. The lowest BCUT2D eigenvalue weighted by Crippen LogP contribution is -2.56. The zero-order valence-electron chi connectivity index (χ0n) is 22.0. The van der Waals surface area contributed by atoms with Gasteiger partial charge in [0.15, 0.2) is 0 Å². The lowest BCUT2D eigenvalue weighted by Gasteiger charge is -2.33. The molecule has 0 aliphatic rings. The molecule has 0 saturated heterocycles. The molecule has 3 atom stereocenters. The molecule has 0 aromatic heterocycles. The van der Waals surface area contributed by atoms with E-state index < -0.39 is 41.3 Å². The second-order valence-electron chi connectivity index (χ2n) is 9.88. The summed E-state index contributed by atoms with van der Waals surface area (Å²) in [4.78, 5) is 49.9. The minimum Gasteiger partial charge on any atom is -0.466 e. The van der Waals surface area contributed by atoms with Gasteiger partial charge in [-0.3, -0.25) is 24.4 Å². The number of likely N-dealkylation sites (N-methyl/N-ethyl adjacent to an activating group) is 1. The minimum atomic E-state index is -1.38. The predicted octanol–water partition coefficient (Wildman–Crippen LogP) is 2.12. The molecule has 0 saturated carbocycles. The van der Waals surface area contributed by atoms with E-state index in [1.54, 1.807) is 5.48 Å². The number of carbonyl (C=O) groups excluding carboxylic acids is 4. The average Bonchev–Trinajstić information content (AvgIpc) is 2.86. The Bertz CT molecular complexity index is 1100. The number of hydrogen-bond acceptors (Lipinski definition) is 7. The molecular formula is C27H37N3O7. The van der Waals surface area contributed by atoms with Gasteiger partial charge in [-0.05, 0) is 28.2 Å². The smallest absolute Gasteiger partial charge is 0.302 e. The van der Waals surface area contributed by atoms with Gasteiger partial charge in [-0.15, -0.1) is 0 Å². The van der Waals surface area contributed by atoms with Gasteiger partial charge in [0.25, 0.3) is 5.91 Å². The van der Waals surface area contributed by atoms with Gasteiger partial charge in [-0.2, -0.15) is 0 Å². The van der Waals surface area contributed by atoms with Crippen LogP contribution in [-0.2, 0) is 35.1 Å². The molecule has 0 aliphatic carbocycles. The second kappa shape index (κ2) is 13.7. The van der Waals surface area contributed by atoms with Gasteiger partial charge in [0.1, 0.15) is 12.1 Å². The lowest BCUT2D eigenvalue weighted by molar-refractivity contribution is -0.152. The fraction of sp³-hybridized carbons (Fsp3) is 0.481. The van der Waals surface area contributed by atoms with E-state index in [0.717, 1.165) is 16.3 Å². The van der Waals surface area contributed by atoms with Gasteiger partial charge in [0.05, 0.1) is 19.1 Å². The van der Waals surface area contributed by atoms with Crippen LogP contribution in [-0.4, -0.2) is 61.3 Å². The topological polar surface area (TPSA) is 143 Å². The molecule has 0 radical (unpaired) electrons. The summed E-state index contributed by atoms with van der Waals surface area (Å²) in [5.74, 6) is -3.39. The molecule has 202 valence electrons. The number of esters is 1. The van der Waals surface area contributed by atoms with Crippen LogP contribution in [0.25, 0.3) is 10.8 Å². The van der Waals surface area contributed by atoms with Crippen molar-refractivity contribution in [2.45, 2.75) is 52.7 Å². The highest BCUT2D eigenvalue weighted by Gasteiger charge is 2.39. The van der Waals surface area contributed by atoms with Crippen LogP contribution >= 0.6 is 0 Å². The van der Waals surface area contributed by atoms with Gasteiger partial charge in [-0.25, -0.2) is 5.48 Å². The van der Waals surface area contributed by atoms with Gasteiger partial charge >= 0.3 is 5.97 Å². The van der Waals surface area contributed by atoms with Gasteiger partial charge in [-0.1, -0.05) is 63.2 Å². The quantitative estimate of drug-likeness (QED) is 0.147. The predicted molar refractivity (Wildman–Crippen MR) is 138 cm³/mol. The van der Waals surface area contributed by atoms with Crippen molar-refractivity contribution >= 4 is 34.5 Å². The van der Waals surface area contributed by atoms with Crippen molar-refractivity contribution in [1.82, 2.24) is 16.1 Å². The van der Waals surface area contributed by atoms with Crippen LogP contribution in [0, 0.1) is 11.3 Å². The summed E-state index contributed by atoms with van der Waals surface area (Å²) in [7, 11) is 1.48. The first-order valence-electron chi connectivity index (χ1n) is 12.2. The Morgan fingerprint density at radius 3 is 2.22 bits per heavy atom. The van der Waals surface area contributed by atoms with E-state index in [-0.39, 0.29) is 32.0 Å². The number of nitrogens with one attached hydrogen (secondary N) is 3. The third-order valence-corrected chi connectivity index (χ3v) is 5.89. The highest BCUT2D eigenvalue weighted by Crippen LogP contribution is 2.24. The zero-order chi connectivity index (χ0) is 27.6. The minimum absolute atomic E-state index is 0.00892. The molecule has 0 aliphatic heterocycles. The molecule has 0 unspecified atom stereocenters. The number of amides is 3. The maximum Gasteiger partial charge on any atom is 0.302 e. The summed E-state index contributed by atoms with van der Waals surface area (Å²) < 4.78 is 10.6. The highest BCUT2D eigenvalue weighted by molar-refractivity contribution is 5.93. The average molecular weight is 516 g/mol. The Labute approximate surface area is 217 Å². The first-order valence-corrected chi connectivity index (χ1v) is 12.2. The van der Waals surface area contributed by atoms with Gasteiger partial charge < -0.3 is 20.1 Å². The van der Waals surface area contributed by atoms with E-state index >= 15 is 0 Å². The van der Waals surface area contributed by atoms with Crippen molar-refractivity contribution in [3.8, 4) is 0 Å². The van der Waals surface area contributed by atoms with E-state index in [4.69, 9.17) is 9.47 Å². The molecule has 4 N–H and O–H groups in total. The number of benzene rings is 2. The number of ether oxygens (including phenoxy) is 2. The first kappa shape index (κ1) is 29.7. The van der Waals surface area contributed by atoms with Crippen LogP contribution in [0.5, 0.6) is 0 Å². The molecule has 0 bridgehead atoms. The third-order valence-electron chi connectivity index (χ3n) is 5.89. The van der Waals surface area contributed by atoms with Crippen LogP contribution in [0.3, 0.4) is 0 Å². The molecule has 0 heterocycles. The summed E-state index contributed by atoms with van der Waals surface area (Å²) in [5.41, 5.74) is 1.73. The van der Waals surface area contributed by atoms with Crippen LogP contribution in [0.4, 0.5) is 0 Å². The van der Waals surface area contributed by atoms with Crippen molar-refractivity contribution in [2.75, 3.05) is 20.3 Å². The molecule has 0 spiro atoms. The van der Waals surface area contributed by atoms with Crippen molar-refractivity contribution in [1.29, 1.82) is 0 Å². The van der Waals surface area contributed by atoms with Crippen molar-refractivity contribution in [2.24, 2.45) is 11.3 Å². The number of fused-ring (bicyclic) bond motifs is 1. The normalized spacial score (nSPS) is 13.8. The standard InChI is InChI=1S/C27H37N3O7/c1-17(31)36-13-8-14-37-22(25(33)30-35)21(24(32)29-23(26(34)28-5)27(2,3)4)16-18-11-12-19-9-6-7-10-20(19)15-18/h6-7,9-12,15,21-23,35H,8,13-14,16H2,1-5H3,(H,28,34)(H,29,32)(H,30,33)/t21-,22+,23-/m1/s1. The maximum absolute atomic E-state index is 13.6. The molecule has 37 heavy (non-hydrogen) atoms. The van der Waals surface area contributed by atoms with Crippen molar-refractivity contribution < 1.29 is 33.9 Å². The Balaban J connectivity index is 2.38. The Morgan fingerprint density at radius 1 is 0.946 bits per heavy atom. The highest BCUT2D eigenvalue weighted by atomic mass is 16.5. The molecule has 10 heteroatoms. The summed E-state index contributed by atoms with van der Waals surface area (Å²) in [6.45, 7) is 6.79. The molecule has 2 aromatic rings. The Hall–Kier alpha value is -3.50. The van der Waals surface area contributed by atoms with Gasteiger partial charge in [0, 0.05) is 20.4 Å². The van der Waals surface area contributed by atoms with Crippen molar-refractivity contribution in [3.63, 3.8) is 0 Å². The molecule has 2 aromatic carbocycles. The summed E-state index contributed by atoms with van der Waals surface area (Å²) in [6.07, 6.45) is -0.996. The fourth-order valence-electron chi connectivity index (χ4n) is 3.95. The number of hydroxylamine groups is 1. The van der Waals surface area contributed by atoms with Crippen LogP contribution in [0.1, 0.15) is 39.7 Å². The van der Waals surface area contributed by atoms with E-state index in [9.17, 15) is 24.4 Å². The largest absolute Gasteiger partial charge is 0.466 e. The fourth-order valence-corrected chi connectivity index (χ4v) is 3.95. The van der Waals surface area contributed by atoms with E-state index in [0.29, 0.717) is 0 Å². The molecule has 3 amide bonds. The Morgan fingerprint density at radius 2 is 1.62 bits per heavy atom. The Kier molecular flexibility index (Phi) is 11.0. The van der Waals surface area contributed by atoms with Crippen LogP contribution in [0.15, 0.2) is 42.5 Å². The van der Waals surface area contributed by atoms with Crippen molar-refractivity contribution in [3.05, 3.63) is 48.0 Å². The van der Waals surface area contributed by atoms with E-state index in [2.05, 4.69) is 10.6 Å². The van der Waals surface area contributed by atoms with Crippen LogP contribution in [0.2, 0.25) is 0 Å². The maximum atomic E-state index is 13.6. The van der Waals surface area contributed by atoms with E-state index in [1.165, 1.54) is 14.0 Å². The summed E-state index contributed by atoms with van der Waals surface area (Å²) in [5, 5.41) is 16.7.